The first-order valence-corrected chi connectivity index (χ1v) is 7.56. The van der Waals surface area contributed by atoms with Crippen LogP contribution in [0.2, 0.25) is 0 Å². The maximum absolute atomic E-state index is 8.80. The number of benzene rings is 1. The molecule has 0 spiro atoms. The normalized spacial score (nSPS) is 21.4. The molecule has 0 aliphatic carbocycles. The van der Waals surface area contributed by atoms with E-state index in [9.17, 15) is 0 Å². The zero-order valence-electron chi connectivity index (χ0n) is 13.3. The lowest BCUT2D eigenvalue weighted by Crippen LogP contribution is -2.12. The van der Waals surface area contributed by atoms with Gasteiger partial charge in [-0.3, -0.25) is 0 Å². The molecule has 3 atom stereocenters. The van der Waals surface area contributed by atoms with Gasteiger partial charge in [0.15, 0.2) is 6.29 Å². The lowest BCUT2D eigenvalue weighted by Gasteiger charge is -2.11. The van der Waals surface area contributed by atoms with Crippen molar-refractivity contribution in [3.63, 3.8) is 0 Å². The average Bonchev–Trinajstić information content (AvgIpc) is 3.05. The molecule has 0 saturated carbocycles. The zero-order valence-corrected chi connectivity index (χ0v) is 13.3. The highest BCUT2D eigenvalue weighted by Gasteiger charge is 2.26. The summed E-state index contributed by atoms with van der Waals surface area (Å²) in [5.74, 6) is 0.814. The van der Waals surface area contributed by atoms with Crippen molar-refractivity contribution in [1.82, 2.24) is 0 Å². The van der Waals surface area contributed by atoms with Gasteiger partial charge in [-0.2, -0.15) is 0 Å². The van der Waals surface area contributed by atoms with E-state index in [-0.39, 0.29) is 38.6 Å². The predicted molar refractivity (Wildman–Crippen MR) is 83.1 cm³/mol. The summed E-state index contributed by atoms with van der Waals surface area (Å²) in [4.78, 5) is 0. The fourth-order valence-corrected chi connectivity index (χ4v) is 1.92. The van der Waals surface area contributed by atoms with Crippen LogP contribution in [0.3, 0.4) is 0 Å². The lowest BCUT2D eigenvalue weighted by molar-refractivity contribution is -0.0627. The van der Waals surface area contributed by atoms with Crippen molar-refractivity contribution in [2.75, 3.05) is 33.5 Å². The van der Waals surface area contributed by atoms with Gasteiger partial charge in [-0.25, -0.2) is 0 Å². The predicted octanol–water partition coefficient (Wildman–Crippen LogP) is 0.214. The quantitative estimate of drug-likeness (QED) is 0.566. The third kappa shape index (κ3) is 7.26. The van der Waals surface area contributed by atoms with Gasteiger partial charge < -0.3 is 34.6 Å². The van der Waals surface area contributed by atoms with Crippen molar-refractivity contribution < 1.29 is 34.6 Å². The van der Waals surface area contributed by atoms with Gasteiger partial charge in [0.1, 0.15) is 5.75 Å². The summed E-state index contributed by atoms with van der Waals surface area (Å²) in [6.45, 7) is 0.336. The molecule has 1 aromatic rings. The van der Waals surface area contributed by atoms with Crippen molar-refractivity contribution in [3.8, 4) is 5.75 Å². The summed E-state index contributed by atoms with van der Waals surface area (Å²) < 4.78 is 16.2. The number of hydrogen-bond acceptors (Lipinski definition) is 7. The molecule has 2 rings (SSSR count). The molecule has 0 aromatic heterocycles. The second-order valence-corrected chi connectivity index (χ2v) is 5.06. The number of methoxy groups -OCH3 is 1. The van der Waals surface area contributed by atoms with Crippen LogP contribution < -0.4 is 4.74 Å². The molecule has 1 aromatic carbocycles. The van der Waals surface area contributed by atoms with E-state index in [1.54, 1.807) is 7.11 Å². The first-order chi connectivity index (χ1) is 11.1. The Morgan fingerprint density at radius 2 is 1.87 bits per heavy atom. The number of aliphatic hydroxyl groups excluding tert-OH is 4. The standard InChI is InChI=1S/C12H16O4.C4H10O3/c1-14-10-4-2-9(3-5-10)12-15-8-11(16-12)6-7-13;5-2-1-4(7)3-6/h2-5,11-13H,6-8H2,1H3;4-7H,1-3H2/t;4-/m.1/s1. The van der Waals surface area contributed by atoms with Crippen LogP contribution in [0, 0.1) is 0 Å². The van der Waals surface area contributed by atoms with Crippen LogP contribution in [0.4, 0.5) is 0 Å². The number of aliphatic hydroxyl groups is 4. The summed E-state index contributed by atoms with van der Waals surface area (Å²) >= 11 is 0. The molecule has 1 fully saturated rings. The van der Waals surface area contributed by atoms with Gasteiger partial charge in [0, 0.05) is 18.8 Å². The van der Waals surface area contributed by atoms with Gasteiger partial charge in [-0.15, -0.1) is 0 Å². The highest BCUT2D eigenvalue weighted by molar-refractivity contribution is 5.28. The third-order valence-corrected chi connectivity index (χ3v) is 3.26. The summed E-state index contributed by atoms with van der Waals surface area (Å²) in [6, 6.07) is 7.60. The van der Waals surface area contributed by atoms with E-state index < -0.39 is 6.10 Å². The minimum atomic E-state index is -0.745. The second-order valence-electron chi connectivity index (χ2n) is 5.06. The Morgan fingerprint density at radius 3 is 2.35 bits per heavy atom. The van der Waals surface area contributed by atoms with Gasteiger partial charge in [0.2, 0.25) is 0 Å². The molecule has 2 unspecified atom stereocenters. The lowest BCUT2D eigenvalue weighted by atomic mass is 10.2. The van der Waals surface area contributed by atoms with Crippen molar-refractivity contribution >= 4 is 0 Å². The fourth-order valence-electron chi connectivity index (χ4n) is 1.92. The molecule has 7 nitrogen and oxygen atoms in total. The van der Waals surface area contributed by atoms with Crippen LogP contribution in [0.15, 0.2) is 24.3 Å². The Bertz CT molecular complexity index is 409. The Balaban J connectivity index is 0.000000322. The van der Waals surface area contributed by atoms with E-state index >= 15 is 0 Å². The highest BCUT2D eigenvalue weighted by atomic mass is 16.7. The molecule has 132 valence electrons. The Labute approximate surface area is 136 Å². The number of ether oxygens (including phenoxy) is 3. The van der Waals surface area contributed by atoms with Gasteiger partial charge in [-0.05, 0) is 25.0 Å². The van der Waals surface area contributed by atoms with Crippen molar-refractivity contribution in [2.24, 2.45) is 0 Å². The third-order valence-electron chi connectivity index (χ3n) is 3.26. The van der Waals surface area contributed by atoms with Gasteiger partial charge in [0.25, 0.3) is 0 Å². The Kier molecular flexibility index (Phi) is 9.77. The minimum absolute atomic E-state index is 0.00268. The van der Waals surface area contributed by atoms with E-state index in [0.717, 1.165) is 11.3 Å². The second kappa shape index (κ2) is 11.3. The van der Waals surface area contributed by atoms with Crippen LogP contribution in [0.5, 0.6) is 5.75 Å². The van der Waals surface area contributed by atoms with Crippen molar-refractivity contribution in [3.05, 3.63) is 29.8 Å². The Hall–Kier alpha value is -1.22. The first-order valence-electron chi connectivity index (χ1n) is 7.56. The molecule has 4 N–H and O–H groups in total. The molecule has 0 bridgehead atoms. The monoisotopic (exact) mass is 330 g/mol. The Morgan fingerprint density at radius 1 is 1.17 bits per heavy atom. The maximum Gasteiger partial charge on any atom is 0.184 e. The van der Waals surface area contributed by atoms with E-state index in [2.05, 4.69) is 0 Å². The van der Waals surface area contributed by atoms with E-state index in [1.807, 2.05) is 24.3 Å². The number of rotatable bonds is 7. The van der Waals surface area contributed by atoms with E-state index in [1.165, 1.54) is 0 Å². The minimum Gasteiger partial charge on any atom is -0.497 e. The average molecular weight is 330 g/mol. The first kappa shape index (κ1) is 19.8. The summed E-state index contributed by atoms with van der Waals surface area (Å²) in [6.07, 6.45) is -0.187. The van der Waals surface area contributed by atoms with Crippen molar-refractivity contribution in [2.45, 2.75) is 31.3 Å². The highest BCUT2D eigenvalue weighted by Crippen LogP contribution is 2.29. The molecular formula is C16H26O7. The van der Waals surface area contributed by atoms with Crippen LogP contribution in [-0.4, -0.2) is 66.2 Å². The summed E-state index contributed by atoms with van der Waals surface area (Å²) in [5.41, 5.74) is 0.973. The summed E-state index contributed by atoms with van der Waals surface area (Å²) in [7, 11) is 1.63. The topological polar surface area (TPSA) is 109 Å². The van der Waals surface area contributed by atoms with Gasteiger partial charge in [0.05, 0.1) is 32.5 Å². The van der Waals surface area contributed by atoms with Crippen LogP contribution in [0.1, 0.15) is 24.7 Å². The van der Waals surface area contributed by atoms with Crippen LogP contribution >= 0.6 is 0 Å². The van der Waals surface area contributed by atoms with Crippen molar-refractivity contribution in [1.29, 1.82) is 0 Å². The van der Waals surface area contributed by atoms with E-state index in [0.29, 0.717) is 13.0 Å². The van der Waals surface area contributed by atoms with Crippen LogP contribution in [0.25, 0.3) is 0 Å². The number of hydrogen-bond donors (Lipinski definition) is 4. The van der Waals surface area contributed by atoms with Gasteiger partial charge >= 0.3 is 0 Å². The molecule has 23 heavy (non-hydrogen) atoms. The van der Waals surface area contributed by atoms with Gasteiger partial charge in [-0.1, -0.05) is 12.1 Å². The largest absolute Gasteiger partial charge is 0.497 e. The molecule has 7 heteroatoms. The fraction of sp³-hybridized carbons (Fsp3) is 0.625. The molecule has 1 saturated heterocycles. The molecule has 1 aliphatic heterocycles. The zero-order chi connectivity index (χ0) is 17.1. The molecule has 0 radical (unpaired) electrons. The van der Waals surface area contributed by atoms with E-state index in [4.69, 9.17) is 34.6 Å². The molecule has 0 amide bonds. The SMILES string of the molecule is COc1ccc(C2OCC(CCO)O2)cc1.OCC[C@@H](O)CO. The summed E-state index contributed by atoms with van der Waals surface area (Å²) in [5, 5.41) is 33.4. The molecular weight excluding hydrogens is 304 g/mol. The van der Waals surface area contributed by atoms with Crippen LogP contribution in [-0.2, 0) is 9.47 Å². The smallest absolute Gasteiger partial charge is 0.184 e. The maximum atomic E-state index is 8.80. The molecule has 1 heterocycles. The molecule has 1 aliphatic rings.